The summed E-state index contributed by atoms with van der Waals surface area (Å²) in [4.78, 5) is 2.52. The number of rotatable bonds is 5. The van der Waals surface area contributed by atoms with Crippen LogP contribution in [0, 0.1) is 0 Å². The third-order valence-corrected chi connectivity index (χ3v) is 5.24. The summed E-state index contributed by atoms with van der Waals surface area (Å²) in [7, 11) is 1.98. The average molecular weight is 346 g/mol. The molecular formula is C22H26N4. The van der Waals surface area contributed by atoms with Crippen molar-refractivity contribution < 1.29 is 0 Å². The lowest BCUT2D eigenvalue weighted by molar-refractivity contribution is 0.642. The zero-order valence-electron chi connectivity index (χ0n) is 15.7. The second kappa shape index (κ2) is 7.32. The van der Waals surface area contributed by atoms with Crippen molar-refractivity contribution in [2.75, 3.05) is 11.4 Å². The van der Waals surface area contributed by atoms with Gasteiger partial charge in [0.15, 0.2) is 0 Å². The SMILES string of the molecule is CCCCCCN1Cc2ccccc2-c2c(nnn2C)-c2ccccc21. The van der Waals surface area contributed by atoms with Gasteiger partial charge in [0, 0.05) is 37.0 Å². The highest BCUT2D eigenvalue weighted by molar-refractivity contribution is 5.87. The Kier molecular flexibility index (Phi) is 4.74. The minimum absolute atomic E-state index is 0.921. The van der Waals surface area contributed by atoms with Crippen molar-refractivity contribution in [2.45, 2.75) is 39.2 Å². The maximum Gasteiger partial charge on any atom is 0.123 e. The number of hydrogen-bond donors (Lipinski definition) is 0. The van der Waals surface area contributed by atoms with Crippen molar-refractivity contribution >= 4 is 5.69 Å². The van der Waals surface area contributed by atoms with Crippen LogP contribution in [0.1, 0.15) is 38.2 Å². The molecule has 0 fully saturated rings. The van der Waals surface area contributed by atoms with Crippen LogP contribution in [0.15, 0.2) is 48.5 Å². The van der Waals surface area contributed by atoms with Crippen LogP contribution in [0.2, 0.25) is 0 Å². The van der Waals surface area contributed by atoms with E-state index < -0.39 is 0 Å². The molecule has 0 radical (unpaired) electrons. The van der Waals surface area contributed by atoms with E-state index in [2.05, 4.69) is 70.7 Å². The number of anilines is 1. The third kappa shape index (κ3) is 3.00. The van der Waals surface area contributed by atoms with Crippen molar-refractivity contribution in [1.82, 2.24) is 15.0 Å². The summed E-state index contributed by atoms with van der Waals surface area (Å²) in [6, 6.07) is 17.3. The third-order valence-electron chi connectivity index (χ3n) is 5.24. The van der Waals surface area contributed by atoms with E-state index >= 15 is 0 Å². The number of hydrogen-bond acceptors (Lipinski definition) is 3. The Balaban J connectivity index is 1.83. The summed E-state index contributed by atoms with van der Waals surface area (Å²) in [6.07, 6.45) is 5.08. The molecule has 0 aliphatic carbocycles. The Morgan fingerprint density at radius 2 is 1.69 bits per heavy atom. The highest BCUT2D eigenvalue weighted by atomic mass is 15.4. The maximum atomic E-state index is 4.53. The average Bonchev–Trinajstić information content (AvgIpc) is 3.04. The molecule has 4 heteroatoms. The predicted molar refractivity (Wildman–Crippen MR) is 107 cm³/mol. The molecule has 0 saturated carbocycles. The Morgan fingerprint density at radius 3 is 2.54 bits per heavy atom. The van der Waals surface area contributed by atoms with Crippen molar-refractivity contribution in [3.8, 4) is 22.5 Å². The van der Waals surface area contributed by atoms with E-state index in [9.17, 15) is 0 Å². The van der Waals surface area contributed by atoms with Gasteiger partial charge in [-0.05, 0) is 18.1 Å². The van der Waals surface area contributed by atoms with Gasteiger partial charge in [-0.15, -0.1) is 5.10 Å². The second-order valence-electron chi connectivity index (χ2n) is 7.07. The molecule has 1 aliphatic rings. The lowest BCUT2D eigenvalue weighted by atomic mass is 9.95. The molecular weight excluding hydrogens is 320 g/mol. The molecule has 26 heavy (non-hydrogen) atoms. The van der Waals surface area contributed by atoms with Gasteiger partial charge in [-0.1, -0.05) is 73.9 Å². The van der Waals surface area contributed by atoms with Crippen LogP contribution in [0.3, 0.4) is 0 Å². The molecule has 0 bridgehead atoms. The minimum Gasteiger partial charge on any atom is -0.367 e. The predicted octanol–water partition coefficient (Wildman–Crippen LogP) is 5.05. The number of aromatic nitrogens is 3. The Hall–Kier alpha value is -2.62. The summed E-state index contributed by atoms with van der Waals surface area (Å²) >= 11 is 0. The van der Waals surface area contributed by atoms with Crippen molar-refractivity contribution in [3.05, 3.63) is 54.1 Å². The fraction of sp³-hybridized carbons (Fsp3) is 0.364. The number of unbranched alkanes of at least 4 members (excludes halogenated alkanes) is 3. The quantitative estimate of drug-likeness (QED) is 0.606. The molecule has 1 aromatic heterocycles. The molecule has 0 saturated heterocycles. The van der Waals surface area contributed by atoms with Crippen LogP contribution in [0.25, 0.3) is 22.5 Å². The summed E-state index contributed by atoms with van der Waals surface area (Å²) in [5.74, 6) is 0. The van der Waals surface area contributed by atoms with Crippen LogP contribution in [0.4, 0.5) is 5.69 Å². The highest BCUT2D eigenvalue weighted by Gasteiger charge is 2.25. The minimum atomic E-state index is 0.921. The Bertz CT molecular complexity index is 897. The topological polar surface area (TPSA) is 34.0 Å². The molecule has 0 N–H and O–H groups in total. The van der Waals surface area contributed by atoms with Gasteiger partial charge in [0.05, 0.1) is 5.69 Å². The Labute approximate surface area is 155 Å². The first kappa shape index (κ1) is 16.8. The van der Waals surface area contributed by atoms with E-state index in [1.165, 1.54) is 48.1 Å². The number of fused-ring (bicyclic) bond motifs is 5. The smallest absolute Gasteiger partial charge is 0.123 e. The number of benzene rings is 2. The first-order chi connectivity index (χ1) is 12.8. The highest BCUT2D eigenvalue weighted by Crippen LogP contribution is 2.40. The largest absolute Gasteiger partial charge is 0.367 e. The number of nitrogens with zero attached hydrogens (tertiary/aromatic N) is 4. The van der Waals surface area contributed by atoms with Crippen LogP contribution >= 0.6 is 0 Å². The summed E-state index contributed by atoms with van der Waals surface area (Å²) in [5.41, 5.74) is 7.11. The van der Waals surface area contributed by atoms with E-state index in [-0.39, 0.29) is 0 Å². The molecule has 4 rings (SSSR count). The van der Waals surface area contributed by atoms with Gasteiger partial charge in [-0.3, -0.25) is 0 Å². The molecule has 0 amide bonds. The molecule has 2 heterocycles. The van der Waals surface area contributed by atoms with Gasteiger partial charge in [0.25, 0.3) is 0 Å². The monoisotopic (exact) mass is 346 g/mol. The lowest BCUT2D eigenvalue weighted by Crippen LogP contribution is -2.26. The lowest BCUT2D eigenvalue weighted by Gasteiger charge is -2.30. The normalized spacial score (nSPS) is 12.8. The van der Waals surface area contributed by atoms with Crippen LogP contribution in [-0.2, 0) is 13.6 Å². The molecule has 4 nitrogen and oxygen atoms in total. The van der Waals surface area contributed by atoms with Crippen molar-refractivity contribution in [1.29, 1.82) is 0 Å². The zero-order valence-corrected chi connectivity index (χ0v) is 15.7. The van der Waals surface area contributed by atoms with Gasteiger partial charge in [0.1, 0.15) is 5.69 Å². The number of aryl methyl sites for hydroxylation is 1. The van der Waals surface area contributed by atoms with Gasteiger partial charge in [0.2, 0.25) is 0 Å². The zero-order chi connectivity index (χ0) is 17.9. The molecule has 2 aromatic carbocycles. The van der Waals surface area contributed by atoms with Gasteiger partial charge in [-0.25, -0.2) is 4.68 Å². The summed E-state index contributed by atoms with van der Waals surface area (Å²) in [5, 5.41) is 8.87. The van der Waals surface area contributed by atoms with Crippen molar-refractivity contribution in [2.24, 2.45) is 7.05 Å². The Morgan fingerprint density at radius 1 is 0.923 bits per heavy atom. The van der Waals surface area contributed by atoms with E-state index in [1.807, 2.05) is 11.7 Å². The van der Waals surface area contributed by atoms with E-state index in [0.29, 0.717) is 0 Å². The van der Waals surface area contributed by atoms with Gasteiger partial charge < -0.3 is 4.90 Å². The second-order valence-corrected chi connectivity index (χ2v) is 7.07. The molecule has 0 spiro atoms. The fourth-order valence-corrected chi connectivity index (χ4v) is 3.90. The summed E-state index contributed by atoms with van der Waals surface area (Å²) < 4.78 is 1.90. The van der Waals surface area contributed by atoms with E-state index in [1.54, 1.807) is 0 Å². The van der Waals surface area contributed by atoms with Gasteiger partial charge >= 0.3 is 0 Å². The fourth-order valence-electron chi connectivity index (χ4n) is 3.90. The number of para-hydroxylation sites is 1. The van der Waals surface area contributed by atoms with Crippen LogP contribution in [0.5, 0.6) is 0 Å². The van der Waals surface area contributed by atoms with E-state index in [4.69, 9.17) is 0 Å². The molecule has 134 valence electrons. The molecule has 0 unspecified atom stereocenters. The van der Waals surface area contributed by atoms with Crippen LogP contribution < -0.4 is 4.90 Å². The summed E-state index contributed by atoms with van der Waals surface area (Å²) in [6.45, 7) is 4.25. The maximum absolute atomic E-state index is 4.53. The molecule has 0 atom stereocenters. The van der Waals surface area contributed by atoms with Crippen molar-refractivity contribution in [3.63, 3.8) is 0 Å². The molecule has 1 aliphatic heterocycles. The first-order valence-electron chi connectivity index (χ1n) is 9.62. The first-order valence-corrected chi connectivity index (χ1v) is 9.62. The van der Waals surface area contributed by atoms with Gasteiger partial charge in [-0.2, -0.15) is 0 Å². The van der Waals surface area contributed by atoms with Crippen LogP contribution in [-0.4, -0.2) is 21.5 Å². The molecule has 3 aromatic rings. The standard InChI is InChI=1S/C22H26N4/c1-3-4-5-10-15-26-16-17-11-6-7-12-18(17)22-21(23-24-25(22)2)19-13-8-9-14-20(19)26/h6-9,11-14H,3-5,10,15-16H2,1-2H3. The van der Waals surface area contributed by atoms with E-state index in [0.717, 1.165) is 24.5 Å².